The lowest BCUT2D eigenvalue weighted by Crippen LogP contribution is -2.52. The maximum atomic E-state index is 12.4. The first-order chi connectivity index (χ1) is 10.5. The number of hydrogen-bond donors (Lipinski definition) is 0. The standard InChI is InChI=1S/C20H27NO/c1-19-9-7-13(12-21)11-14(19)3-4-15-16-5-6-18(22)20(16,2)10-8-17(15)19/h11,14-17H,3-10H2,1-2H3/t14-,15-,16+,17-,19-,20-/m0/s1. The Morgan fingerprint density at radius 2 is 1.91 bits per heavy atom. The number of ketones is 1. The molecule has 0 unspecified atom stereocenters. The van der Waals surface area contributed by atoms with Gasteiger partial charge in [-0.1, -0.05) is 19.9 Å². The number of fused-ring (bicyclic) bond motifs is 5. The van der Waals surface area contributed by atoms with Gasteiger partial charge in [0.1, 0.15) is 5.78 Å². The highest BCUT2D eigenvalue weighted by molar-refractivity contribution is 5.87. The lowest BCUT2D eigenvalue weighted by atomic mass is 9.46. The minimum atomic E-state index is -0.00726. The number of Topliss-reactive ketones (excluding diaryl/α,β-unsaturated/α-hetero) is 1. The summed E-state index contributed by atoms with van der Waals surface area (Å²) in [5.74, 6) is 3.30. The van der Waals surface area contributed by atoms with E-state index in [4.69, 9.17) is 0 Å². The fraction of sp³-hybridized carbons (Fsp3) is 0.800. The second-order valence-electron chi connectivity index (χ2n) is 8.79. The summed E-state index contributed by atoms with van der Waals surface area (Å²) in [6.45, 7) is 4.74. The molecule has 0 saturated heterocycles. The molecule has 4 aliphatic carbocycles. The molecule has 0 bridgehead atoms. The summed E-state index contributed by atoms with van der Waals surface area (Å²) in [5.41, 5.74) is 1.38. The number of allylic oxidation sites excluding steroid dienone is 2. The van der Waals surface area contributed by atoms with Crippen LogP contribution in [0.2, 0.25) is 0 Å². The number of carbonyl (C=O) groups excluding carboxylic acids is 1. The van der Waals surface area contributed by atoms with Crippen molar-refractivity contribution in [1.29, 1.82) is 5.26 Å². The van der Waals surface area contributed by atoms with Gasteiger partial charge in [-0.3, -0.25) is 4.79 Å². The largest absolute Gasteiger partial charge is 0.299 e. The van der Waals surface area contributed by atoms with Crippen LogP contribution in [0, 0.1) is 45.8 Å². The number of nitrogens with zero attached hydrogens (tertiary/aromatic N) is 1. The SMILES string of the molecule is C[C@]12CCC(C#N)=C[C@@H]1CC[C@H]1[C@H]3CCC(=O)[C@@]3(C)CC[C@@H]12. The van der Waals surface area contributed by atoms with Crippen molar-refractivity contribution in [2.24, 2.45) is 34.5 Å². The quantitative estimate of drug-likeness (QED) is 0.652. The smallest absolute Gasteiger partial charge is 0.139 e. The van der Waals surface area contributed by atoms with E-state index in [1.807, 2.05) is 0 Å². The third kappa shape index (κ3) is 1.75. The van der Waals surface area contributed by atoms with Gasteiger partial charge in [-0.05, 0) is 74.0 Å². The third-order valence-corrected chi connectivity index (χ3v) is 8.13. The van der Waals surface area contributed by atoms with Crippen molar-refractivity contribution in [3.05, 3.63) is 11.6 Å². The molecule has 3 saturated carbocycles. The molecule has 22 heavy (non-hydrogen) atoms. The van der Waals surface area contributed by atoms with Crippen molar-refractivity contribution in [1.82, 2.24) is 0 Å². The van der Waals surface area contributed by atoms with Gasteiger partial charge in [0.15, 0.2) is 0 Å². The predicted molar refractivity (Wildman–Crippen MR) is 85.8 cm³/mol. The first kappa shape index (κ1) is 14.5. The van der Waals surface area contributed by atoms with Crippen molar-refractivity contribution in [3.8, 4) is 6.07 Å². The topological polar surface area (TPSA) is 40.9 Å². The van der Waals surface area contributed by atoms with E-state index in [9.17, 15) is 10.1 Å². The van der Waals surface area contributed by atoms with Crippen molar-refractivity contribution in [2.45, 2.75) is 65.2 Å². The molecule has 0 radical (unpaired) electrons. The molecule has 3 fully saturated rings. The van der Waals surface area contributed by atoms with Gasteiger partial charge in [-0.25, -0.2) is 0 Å². The first-order valence-electron chi connectivity index (χ1n) is 9.13. The zero-order chi connectivity index (χ0) is 15.5. The highest BCUT2D eigenvalue weighted by atomic mass is 16.1. The van der Waals surface area contributed by atoms with E-state index in [2.05, 4.69) is 26.0 Å². The van der Waals surface area contributed by atoms with E-state index in [1.165, 1.54) is 25.7 Å². The molecule has 0 aromatic carbocycles. The molecule has 4 rings (SSSR count). The zero-order valence-electron chi connectivity index (χ0n) is 13.9. The summed E-state index contributed by atoms with van der Waals surface area (Å²) < 4.78 is 0. The maximum Gasteiger partial charge on any atom is 0.139 e. The number of rotatable bonds is 0. The minimum absolute atomic E-state index is 0.00726. The van der Waals surface area contributed by atoms with Crippen LogP contribution in [-0.4, -0.2) is 5.78 Å². The fourth-order valence-electron chi connectivity index (χ4n) is 6.72. The molecule has 6 atom stereocenters. The lowest BCUT2D eigenvalue weighted by molar-refractivity contribution is -0.135. The summed E-state index contributed by atoms with van der Waals surface area (Å²) in [6, 6.07) is 2.39. The van der Waals surface area contributed by atoms with Gasteiger partial charge in [-0.2, -0.15) is 5.26 Å². The second-order valence-corrected chi connectivity index (χ2v) is 8.79. The normalized spacial score (nSPS) is 50.4. The van der Waals surface area contributed by atoms with Crippen LogP contribution in [0.15, 0.2) is 11.6 Å². The average molecular weight is 297 g/mol. The summed E-state index contributed by atoms with van der Waals surface area (Å²) >= 11 is 0. The Morgan fingerprint density at radius 1 is 1.09 bits per heavy atom. The Hall–Kier alpha value is -1.10. The van der Waals surface area contributed by atoms with Gasteiger partial charge < -0.3 is 0 Å². The van der Waals surface area contributed by atoms with E-state index in [1.54, 1.807) is 0 Å². The Kier molecular flexibility index (Phi) is 3.09. The van der Waals surface area contributed by atoms with Gasteiger partial charge in [0.25, 0.3) is 0 Å². The van der Waals surface area contributed by atoms with Gasteiger partial charge in [0.05, 0.1) is 6.07 Å². The molecule has 2 heteroatoms. The van der Waals surface area contributed by atoms with Gasteiger partial charge in [0, 0.05) is 17.4 Å². The summed E-state index contributed by atoms with van der Waals surface area (Å²) in [5, 5.41) is 9.23. The molecule has 118 valence electrons. The lowest BCUT2D eigenvalue weighted by Gasteiger charge is -2.58. The summed E-state index contributed by atoms with van der Waals surface area (Å²) in [6.07, 6.45) is 11.2. The number of carbonyl (C=O) groups is 1. The van der Waals surface area contributed by atoms with Crippen LogP contribution in [-0.2, 0) is 4.79 Å². The van der Waals surface area contributed by atoms with Crippen molar-refractivity contribution in [2.75, 3.05) is 0 Å². The van der Waals surface area contributed by atoms with E-state index in [0.29, 0.717) is 23.0 Å². The molecule has 2 nitrogen and oxygen atoms in total. The van der Waals surface area contributed by atoms with Gasteiger partial charge in [-0.15, -0.1) is 0 Å². The molecule has 0 aromatic heterocycles. The van der Waals surface area contributed by atoms with Crippen molar-refractivity contribution >= 4 is 5.78 Å². The van der Waals surface area contributed by atoms with Crippen LogP contribution >= 0.6 is 0 Å². The predicted octanol–water partition coefficient (Wildman–Crippen LogP) is 4.66. The molecule has 0 aromatic rings. The molecule has 0 heterocycles. The summed E-state index contributed by atoms with van der Waals surface area (Å²) in [4.78, 5) is 12.4. The van der Waals surface area contributed by atoms with E-state index < -0.39 is 0 Å². The van der Waals surface area contributed by atoms with Crippen molar-refractivity contribution in [3.63, 3.8) is 0 Å². The molecule has 0 spiro atoms. The Morgan fingerprint density at radius 3 is 2.68 bits per heavy atom. The van der Waals surface area contributed by atoms with Gasteiger partial charge in [0.2, 0.25) is 0 Å². The molecule has 0 N–H and O–H groups in total. The van der Waals surface area contributed by atoms with Crippen LogP contribution < -0.4 is 0 Å². The van der Waals surface area contributed by atoms with E-state index in [-0.39, 0.29) is 5.41 Å². The molecular weight excluding hydrogens is 270 g/mol. The van der Waals surface area contributed by atoms with Crippen LogP contribution in [0.4, 0.5) is 0 Å². The fourth-order valence-corrected chi connectivity index (χ4v) is 6.72. The van der Waals surface area contributed by atoms with E-state index >= 15 is 0 Å². The van der Waals surface area contributed by atoms with E-state index in [0.717, 1.165) is 43.1 Å². The summed E-state index contributed by atoms with van der Waals surface area (Å²) in [7, 11) is 0. The van der Waals surface area contributed by atoms with Crippen LogP contribution in [0.1, 0.15) is 65.2 Å². The third-order valence-electron chi connectivity index (χ3n) is 8.13. The molecule has 0 amide bonds. The van der Waals surface area contributed by atoms with Crippen LogP contribution in [0.5, 0.6) is 0 Å². The molecular formula is C20H27NO. The van der Waals surface area contributed by atoms with Crippen LogP contribution in [0.3, 0.4) is 0 Å². The zero-order valence-corrected chi connectivity index (χ0v) is 13.9. The van der Waals surface area contributed by atoms with Crippen molar-refractivity contribution < 1.29 is 4.79 Å². The highest BCUT2D eigenvalue weighted by Crippen LogP contribution is 2.64. The number of nitriles is 1. The second kappa shape index (κ2) is 4.70. The minimum Gasteiger partial charge on any atom is -0.299 e. The first-order valence-corrected chi connectivity index (χ1v) is 9.13. The van der Waals surface area contributed by atoms with Crippen LogP contribution in [0.25, 0.3) is 0 Å². The highest BCUT2D eigenvalue weighted by Gasteiger charge is 2.59. The average Bonchev–Trinajstić information content (AvgIpc) is 2.82. The Bertz CT molecular complexity index is 585. The Labute approximate surface area is 134 Å². The monoisotopic (exact) mass is 297 g/mol. The molecule has 0 aliphatic heterocycles. The molecule has 4 aliphatic rings. The maximum absolute atomic E-state index is 12.4. The van der Waals surface area contributed by atoms with Gasteiger partial charge >= 0.3 is 0 Å². The Balaban J connectivity index is 1.66. The number of hydrogen-bond acceptors (Lipinski definition) is 2.